The predicted molar refractivity (Wildman–Crippen MR) is 129 cm³/mol. The van der Waals surface area contributed by atoms with E-state index in [-0.39, 0.29) is 12.1 Å². The fraction of sp³-hybridized carbons (Fsp3) is 0.556. The lowest BCUT2D eigenvalue weighted by Gasteiger charge is -2.41. The molecule has 1 aromatic rings. The number of fused-ring (bicyclic) bond motifs is 1. The van der Waals surface area contributed by atoms with Gasteiger partial charge in [-0.15, -0.1) is 0 Å². The molecular formula is C27H38N2O3. The number of aryl methyl sites for hydroxylation is 1. The minimum atomic E-state index is -0.305. The van der Waals surface area contributed by atoms with Gasteiger partial charge in [-0.3, -0.25) is 0 Å². The lowest BCUT2D eigenvalue weighted by Crippen LogP contribution is -2.34. The second kappa shape index (κ2) is 11.3. The molecule has 1 heterocycles. The number of hydrogen-bond acceptors (Lipinski definition) is 4. The molecule has 5 nitrogen and oxygen atoms in total. The first-order chi connectivity index (χ1) is 15.4. The Hall–Kier alpha value is -2.56. The standard InChI is InChI=1S/C27H38N2O3/c1-19(2)24-12-10-20(3)25-15-23(9-7-6-8-21(17-31-5)14-26(24)25)32-27(30)13-11-22-16-29(4)18-28-22/h6-7,10-11,13,16-19,23-26H,8-9,12,14-15H2,1-5H3/b7-6-,13-11+,21-17+/t23-,24-,25+,26-/m1/s1. The van der Waals surface area contributed by atoms with E-state index in [1.807, 2.05) is 24.1 Å². The normalized spacial score (nSPS) is 28.9. The van der Waals surface area contributed by atoms with E-state index in [1.165, 1.54) is 17.2 Å². The van der Waals surface area contributed by atoms with Gasteiger partial charge in [0.15, 0.2) is 0 Å². The van der Waals surface area contributed by atoms with Crippen molar-refractivity contribution in [2.45, 2.75) is 59.0 Å². The van der Waals surface area contributed by atoms with Gasteiger partial charge in [-0.25, -0.2) is 9.78 Å². The first-order valence-corrected chi connectivity index (χ1v) is 11.8. The van der Waals surface area contributed by atoms with Crippen molar-refractivity contribution in [3.8, 4) is 0 Å². The number of nitrogens with zero attached hydrogens (tertiary/aromatic N) is 2. The first-order valence-electron chi connectivity index (χ1n) is 11.8. The van der Waals surface area contributed by atoms with Gasteiger partial charge in [0.25, 0.3) is 0 Å². The molecule has 0 aromatic carbocycles. The Morgan fingerprint density at radius 3 is 2.78 bits per heavy atom. The van der Waals surface area contributed by atoms with Crippen LogP contribution in [0.15, 0.2) is 54.2 Å². The molecule has 0 saturated heterocycles. The van der Waals surface area contributed by atoms with Gasteiger partial charge in [0.1, 0.15) is 6.10 Å². The third-order valence-electron chi connectivity index (χ3n) is 6.86. The highest BCUT2D eigenvalue weighted by atomic mass is 16.5. The van der Waals surface area contributed by atoms with E-state index in [1.54, 1.807) is 19.5 Å². The number of carbonyl (C=O) groups excluding carboxylic acids is 1. The van der Waals surface area contributed by atoms with E-state index >= 15 is 0 Å². The molecule has 1 aromatic heterocycles. The topological polar surface area (TPSA) is 53.4 Å². The molecule has 0 spiro atoms. The summed E-state index contributed by atoms with van der Waals surface area (Å²) in [5, 5.41) is 0. The molecule has 0 amide bonds. The van der Waals surface area contributed by atoms with Crippen LogP contribution in [0.25, 0.3) is 6.08 Å². The molecule has 0 saturated carbocycles. The van der Waals surface area contributed by atoms with E-state index in [9.17, 15) is 4.79 Å². The van der Waals surface area contributed by atoms with E-state index < -0.39 is 0 Å². The van der Waals surface area contributed by atoms with Gasteiger partial charge >= 0.3 is 5.97 Å². The Labute approximate surface area is 192 Å². The van der Waals surface area contributed by atoms with Gasteiger partial charge in [0.05, 0.1) is 25.4 Å². The number of esters is 1. The summed E-state index contributed by atoms with van der Waals surface area (Å²) >= 11 is 0. The predicted octanol–water partition coefficient (Wildman–Crippen LogP) is 5.86. The van der Waals surface area contributed by atoms with Crippen molar-refractivity contribution in [2.24, 2.45) is 30.7 Å². The van der Waals surface area contributed by atoms with Crippen LogP contribution in [0, 0.1) is 23.7 Å². The van der Waals surface area contributed by atoms with Gasteiger partial charge in [0.2, 0.25) is 0 Å². The molecule has 0 bridgehead atoms. The minimum absolute atomic E-state index is 0.137. The van der Waals surface area contributed by atoms with E-state index in [2.05, 4.69) is 44.0 Å². The summed E-state index contributed by atoms with van der Waals surface area (Å²) in [4.78, 5) is 16.8. The Morgan fingerprint density at radius 1 is 1.28 bits per heavy atom. The van der Waals surface area contributed by atoms with Crippen LogP contribution in [0.1, 0.15) is 58.6 Å². The molecule has 2 aliphatic carbocycles. The molecule has 3 rings (SSSR count). The number of aromatic nitrogens is 2. The quantitative estimate of drug-likeness (QED) is 0.250. The van der Waals surface area contributed by atoms with Crippen LogP contribution in [0.3, 0.4) is 0 Å². The maximum atomic E-state index is 12.6. The van der Waals surface area contributed by atoms with Crippen molar-refractivity contribution in [3.05, 3.63) is 59.9 Å². The monoisotopic (exact) mass is 438 g/mol. The molecule has 174 valence electrons. The van der Waals surface area contributed by atoms with Crippen molar-refractivity contribution < 1.29 is 14.3 Å². The highest BCUT2D eigenvalue weighted by Gasteiger charge is 2.37. The molecule has 0 unspecified atom stereocenters. The van der Waals surface area contributed by atoms with Crippen LogP contribution in [0.2, 0.25) is 0 Å². The Bertz CT molecular complexity index is 890. The smallest absolute Gasteiger partial charge is 0.331 e. The maximum Gasteiger partial charge on any atom is 0.331 e. The SMILES string of the molecule is CO/C=C1\C/C=C\C[C@@H](OC(=O)/C=C/c2cn(C)cn2)C[C@H]2C(C)=CC[C@H](C(C)C)[C@H]2C1. The van der Waals surface area contributed by atoms with E-state index in [4.69, 9.17) is 9.47 Å². The zero-order valence-electron chi connectivity index (χ0n) is 20.2. The molecule has 0 aliphatic heterocycles. The zero-order chi connectivity index (χ0) is 23.1. The van der Waals surface area contributed by atoms with Crippen molar-refractivity contribution in [2.75, 3.05) is 7.11 Å². The summed E-state index contributed by atoms with van der Waals surface area (Å²) in [5.74, 6) is 1.85. The Morgan fingerprint density at radius 2 is 2.09 bits per heavy atom. The van der Waals surface area contributed by atoms with Gasteiger partial charge in [-0.1, -0.05) is 37.6 Å². The van der Waals surface area contributed by atoms with Crippen molar-refractivity contribution >= 4 is 12.0 Å². The Balaban J connectivity index is 1.80. The fourth-order valence-corrected chi connectivity index (χ4v) is 5.19. The van der Waals surface area contributed by atoms with Gasteiger partial charge in [-0.2, -0.15) is 0 Å². The van der Waals surface area contributed by atoms with Crippen LogP contribution in [0.4, 0.5) is 0 Å². The average Bonchev–Trinajstić information content (AvgIpc) is 3.17. The third kappa shape index (κ3) is 6.47. The fourth-order valence-electron chi connectivity index (χ4n) is 5.19. The number of hydrogen-bond donors (Lipinski definition) is 0. The summed E-state index contributed by atoms with van der Waals surface area (Å²) in [6.45, 7) is 6.90. The minimum Gasteiger partial charge on any atom is -0.504 e. The second-order valence-electron chi connectivity index (χ2n) is 9.58. The molecular weight excluding hydrogens is 400 g/mol. The van der Waals surface area contributed by atoms with E-state index in [0.29, 0.717) is 23.7 Å². The number of carbonyl (C=O) groups is 1. The van der Waals surface area contributed by atoms with Crippen LogP contribution in [-0.4, -0.2) is 28.7 Å². The molecule has 2 aliphatic rings. The average molecular weight is 439 g/mol. The highest BCUT2D eigenvalue weighted by Crippen LogP contribution is 2.45. The van der Waals surface area contributed by atoms with Gasteiger partial charge < -0.3 is 14.0 Å². The summed E-state index contributed by atoms with van der Waals surface area (Å²) < 4.78 is 13.2. The molecule has 32 heavy (non-hydrogen) atoms. The third-order valence-corrected chi connectivity index (χ3v) is 6.86. The number of imidazole rings is 1. The highest BCUT2D eigenvalue weighted by molar-refractivity contribution is 5.86. The largest absolute Gasteiger partial charge is 0.504 e. The molecule has 5 heteroatoms. The number of allylic oxidation sites excluding steroid dienone is 4. The van der Waals surface area contributed by atoms with Crippen molar-refractivity contribution in [3.63, 3.8) is 0 Å². The van der Waals surface area contributed by atoms with Crippen LogP contribution in [0.5, 0.6) is 0 Å². The Kier molecular flexibility index (Phi) is 8.54. The summed E-state index contributed by atoms with van der Waals surface area (Å²) in [6, 6.07) is 0. The maximum absolute atomic E-state index is 12.6. The molecule has 0 N–H and O–H groups in total. The number of methoxy groups -OCH3 is 1. The van der Waals surface area contributed by atoms with Gasteiger partial charge in [-0.05, 0) is 67.9 Å². The lowest BCUT2D eigenvalue weighted by atomic mass is 9.64. The second-order valence-corrected chi connectivity index (χ2v) is 9.58. The van der Waals surface area contributed by atoms with Crippen LogP contribution in [-0.2, 0) is 21.3 Å². The lowest BCUT2D eigenvalue weighted by molar-refractivity contribution is -0.143. The van der Waals surface area contributed by atoms with Crippen LogP contribution < -0.4 is 0 Å². The summed E-state index contributed by atoms with van der Waals surface area (Å²) in [7, 11) is 3.64. The zero-order valence-corrected chi connectivity index (χ0v) is 20.2. The van der Waals surface area contributed by atoms with Crippen molar-refractivity contribution in [1.29, 1.82) is 0 Å². The number of ether oxygens (including phenoxy) is 2. The molecule has 0 fully saturated rings. The van der Waals surface area contributed by atoms with E-state index in [0.717, 1.165) is 37.8 Å². The summed E-state index contributed by atoms with van der Waals surface area (Å²) in [6.07, 6.45) is 19.9. The number of rotatable bonds is 5. The molecule has 0 radical (unpaired) electrons. The van der Waals surface area contributed by atoms with Crippen LogP contribution >= 0.6 is 0 Å². The van der Waals surface area contributed by atoms with Gasteiger partial charge in [0, 0.05) is 25.7 Å². The van der Waals surface area contributed by atoms with Crippen molar-refractivity contribution in [1.82, 2.24) is 9.55 Å². The summed E-state index contributed by atoms with van der Waals surface area (Å²) in [5.41, 5.74) is 3.52. The molecule has 4 atom stereocenters. The first kappa shape index (κ1) is 24.1.